The number of anilines is 1. The second-order valence-electron chi connectivity index (χ2n) is 6.92. The molecule has 1 aromatic heterocycles. The van der Waals surface area contributed by atoms with Crippen LogP contribution in [0.5, 0.6) is 11.6 Å². The number of carbonyl (C=O) groups excluding carboxylic acids is 2. The Hall–Kier alpha value is -4.46. The van der Waals surface area contributed by atoms with Gasteiger partial charge in [0.2, 0.25) is 5.88 Å². The maximum absolute atomic E-state index is 12.3. The molecule has 1 heterocycles. The number of fused-ring (bicyclic) bond motifs is 1. The third kappa shape index (κ3) is 4.20. The molecule has 0 aliphatic carbocycles. The summed E-state index contributed by atoms with van der Waals surface area (Å²) in [5.74, 6) is -1.80. The summed E-state index contributed by atoms with van der Waals surface area (Å²) in [6.07, 6.45) is 0. The molecule has 0 saturated heterocycles. The molecule has 3 aromatic carbocycles. The molecule has 0 bridgehead atoms. The number of aromatic nitrogens is 1. The number of carbonyl (C=O) groups is 2. The normalized spacial score (nSPS) is 11.0. The number of hydrogen-bond donors (Lipinski definition) is 2. The summed E-state index contributed by atoms with van der Waals surface area (Å²) < 4.78 is 6.83. The highest BCUT2D eigenvalue weighted by atomic mass is 16.5. The van der Waals surface area contributed by atoms with Gasteiger partial charge in [0.25, 0.3) is 0 Å². The van der Waals surface area contributed by atoms with Crippen LogP contribution in [0.3, 0.4) is 0 Å². The van der Waals surface area contributed by atoms with E-state index in [1.807, 2.05) is 42.5 Å². The van der Waals surface area contributed by atoms with Gasteiger partial charge in [-0.3, -0.25) is 9.59 Å². The minimum Gasteiger partial charge on any atom is -0.495 e. The highest BCUT2D eigenvalue weighted by Crippen LogP contribution is 2.39. The van der Waals surface area contributed by atoms with Gasteiger partial charge >= 0.3 is 11.8 Å². The predicted octanol–water partition coefficient (Wildman–Crippen LogP) is 4.65. The Bertz CT molecular complexity index is 1310. The molecule has 4 rings (SSSR count). The molecule has 0 radical (unpaired) electrons. The number of methoxy groups -OCH3 is 1. The number of azo groups is 1. The van der Waals surface area contributed by atoms with Gasteiger partial charge in [-0.2, -0.15) is 0 Å². The van der Waals surface area contributed by atoms with Gasteiger partial charge in [0, 0.05) is 5.39 Å². The van der Waals surface area contributed by atoms with Crippen LogP contribution in [0, 0.1) is 0 Å². The molecule has 0 atom stereocenters. The van der Waals surface area contributed by atoms with Gasteiger partial charge in [0.1, 0.15) is 5.75 Å². The van der Waals surface area contributed by atoms with E-state index in [0.717, 1.165) is 11.1 Å². The van der Waals surface area contributed by atoms with Crippen molar-refractivity contribution >= 4 is 34.1 Å². The number of amides is 2. The van der Waals surface area contributed by atoms with Gasteiger partial charge in [0.05, 0.1) is 24.9 Å². The van der Waals surface area contributed by atoms with Crippen LogP contribution in [0.4, 0.5) is 11.4 Å². The number of nitrogens with one attached hydrogen (secondary N) is 1. The monoisotopic (exact) mass is 428 g/mol. The zero-order valence-electron chi connectivity index (χ0n) is 17.2. The highest BCUT2D eigenvalue weighted by Gasteiger charge is 2.19. The predicted molar refractivity (Wildman–Crippen MR) is 120 cm³/mol. The lowest BCUT2D eigenvalue weighted by atomic mass is 10.2. The minimum absolute atomic E-state index is 0.120. The van der Waals surface area contributed by atoms with Crippen LogP contribution >= 0.6 is 0 Å². The van der Waals surface area contributed by atoms with Crippen molar-refractivity contribution in [1.29, 1.82) is 0 Å². The molecular weight excluding hydrogens is 408 g/mol. The van der Waals surface area contributed by atoms with E-state index in [4.69, 9.17) is 4.74 Å². The average molecular weight is 428 g/mol. The van der Waals surface area contributed by atoms with Gasteiger partial charge in [-0.15, -0.1) is 10.2 Å². The first-order chi connectivity index (χ1) is 15.6. The zero-order chi connectivity index (χ0) is 22.5. The molecule has 2 amide bonds. The van der Waals surface area contributed by atoms with Crippen molar-refractivity contribution in [3.8, 4) is 11.6 Å². The van der Waals surface area contributed by atoms with E-state index < -0.39 is 11.8 Å². The van der Waals surface area contributed by atoms with Gasteiger partial charge < -0.3 is 19.7 Å². The van der Waals surface area contributed by atoms with Crippen molar-refractivity contribution in [3.05, 3.63) is 84.4 Å². The highest BCUT2D eigenvalue weighted by molar-refractivity contribution is 6.40. The Morgan fingerprint density at radius 3 is 2.44 bits per heavy atom. The van der Waals surface area contributed by atoms with Crippen molar-refractivity contribution in [3.63, 3.8) is 0 Å². The molecule has 8 nitrogen and oxygen atoms in total. The summed E-state index contributed by atoms with van der Waals surface area (Å²) >= 11 is 0. The van der Waals surface area contributed by atoms with Crippen LogP contribution in [-0.2, 0) is 16.1 Å². The Labute approximate surface area is 183 Å². The van der Waals surface area contributed by atoms with E-state index in [1.54, 1.807) is 41.0 Å². The SMILES string of the molecule is COc1ccccc1NC(=O)C(=O)N=Nc1c(O)n(Cc2ccccc2)c2ccccc12. The molecule has 160 valence electrons. The first-order valence-electron chi connectivity index (χ1n) is 9.82. The fourth-order valence-electron chi connectivity index (χ4n) is 3.36. The molecule has 0 saturated carbocycles. The number of nitrogens with zero attached hydrogens (tertiary/aromatic N) is 3. The average Bonchev–Trinajstić information content (AvgIpc) is 3.09. The molecule has 0 fully saturated rings. The smallest absolute Gasteiger partial charge is 0.353 e. The second kappa shape index (κ2) is 9.13. The topological polar surface area (TPSA) is 105 Å². The van der Waals surface area contributed by atoms with Crippen LogP contribution in [0.2, 0.25) is 0 Å². The number of hydrogen-bond acceptors (Lipinski definition) is 5. The van der Waals surface area contributed by atoms with Crippen molar-refractivity contribution in [2.24, 2.45) is 10.2 Å². The van der Waals surface area contributed by atoms with Gasteiger partial charge in [0.15, 0.2) is 5.69 Å². The molecule has 0 aliphatic rings. The van der Waals surface area contributed by atoms with Crippen molar-refractivity contribution in [1.82, 2.24) is 4.57 Å². The first kappa shape index (κ1) is 20.8. The quantitative estimate of drug-likeness (QED) is 0.356. The van der Waals surface area contributed by atoms with E-state index in [9.17, 15) is 14.7 Å². The van der Waals surface area contributed by atoms with E-state index in [-0.39, 0.29) is 11.6 Å². The molecule has 8 heteroatoms. The lowest BCUT2D eigenvalue weighted by molar-refractivity contribution is -0.134. The van der Waals surface area contributed by atoms with E-state index in [1.165, 1.54) is 7.11 Å². The summed E-state index contributed by atoms with van der Waals surface area (Å²) in [7, 11) is 1.46. The van der Waals surface area contributed by atoms with Gasteiger partial charge in [-0.1, -0.05) is 60.7 Å². The van der Waals surface area contributed by atoms with Crippen LogP contribution in [0.1, 0.15) is 5.56 Å². The molecule has 2 N–H and O–H groups in total. The number of rotatable bonds is 5. The van der Waals surface area contributed by atoms with Crippen LogP contribution < -0.4 is 10.1 Å². The standard InChI is InChI=1S/C24H20N4O4/c1-32-20-14-8-6-12-18(20)25-22(29)23(30)27-26-21-17-11-5-7-13-19(17)28(24(21)31)15-16-9-3-2-4-10-16/h2-14,31H,15H2,1H3,(H,25,29). The zero-order valence-corrected chi connectivity index (χ0v) is 17.2. The Balaban J connectivity index is 1.60. The maximum atomic E-state index is 12.3. The molecule has 0 unspecified atom stereocenters. The Morgan fingerprint density at radius 2 is 1.66 bits per heavy atom. The van der Waals surface area contributed by atoms with Gasteiger partial charge in [-0.05, 0) is 23.8 Å². The summed E-state index contributed by atoms with van der Waals surface area (Å²) in [4.78, 5) is 24.5. The lowest BCUT2D eigenvalue weighted by Crippen LogP contribution is -2.20. The number of para-hydroxylation sites is 3. The maximum Gasteiger partial charge on any atom is 0.353 e. The largest absolute Gasteiger partial charge is 0.495 e. The molecular formula is C24H20N4O4. The second-order valence-corrected chi connectivity index (χ2v) is 6.92. The van der Waals surface area contributed by atoms with Crippen molar-refractivity contribution in [2.75, 3.05) is 12.4 Å². The molecule has 4 aromatic rings. The van der Waals surface area contributed by atoms with Crippen LogP contribution in [-0.4, -0.2) is 28.6 Å². The fourth-order valence-corrected chi connectivity index (χ4v) is 3.36. The minimum atomic E-state index is -1.10. The molecule has 32 heavy (non-hydrogen) atoms. The number of ether oxygens (including phenoxy) is 1. The van der Waals surface area contributed by atoms with E-state index in [0.29, 0.717) is 23.4 Å². The molecule has 0 aliphatic heterocycles. The third-order valence-corrected chi connectivity index (χ3v) is 4.89. The number of aromatic hydroxyl groups is 1. The number of benzene rings is 3. The Morgan fingerprint density at radius 1 is 0.969 bits per heavy atom. The first-order valence-corrected chi connectivity index (χ1v) is 9.82. The van der Waals surface area contributed by atoms with Crippen LogP contribution in [0.15, 0.2) is 89.1 Å². The fraction of sp³-hybridized carbons (Fsp3) is 0.0833. The third-order valence-electron chi connectivity index (χ3n) is 4.89. The summed E-state index contributed by atoms with van der Waals surface area (Å²) in [5, 5.41) is 21.3. The summed E-state index contributed by atoms with van der Waals surface area (Å²) in [5.41, 5.74) is 2.17. The van der Waals surface area contributed by atoms with E-state index in [2.05, 4.69) is 15.5 Å². The lowest BCUT2D eigenvalue weighted by Gasteiger charge is -2.07. The van der Waals surface area contributed by atoms with Crippen LogP contribution in [0.25, 0.3) is 10.9 Å². The molecule has 0 spiro atoms. The van der Waals surface area contributed by atoms with Crippen molar-refractivity contribution < 1.29 is 19.4 Å². The summed E-state index contributed by atoms with van der Waals surface area (Å²) in [6, 6.07) is 23.6. The Kier molecular flexibility index (Phi) is 5.94. The van der Waals surface area contributed by atoms with Crippen molar-refractivity contribution in [2.45, 2.75) is 6.54 Å². The van der Waals surface area contributed by atoms with Gasteiger partial charge in [-0.25, -0.2) is 0 Å². The van der Waals surface area contributed by atoms with E-state index >= 15 is 0 Å². The summed E-state index contributed by atoms with van der Waals surface area (Å²) in [6.45, 7) is 0.408.